The summed E-state index contributed by atoms with van der Waals surface area (Å²) in [6.45, 7) is 5.86. The maximum Gasteiger partial charge on any atom is 0.127 e. The van der Waals surface area contributed by atoms with Gasteiger partial charge in [-0.3, -0.25) is 0 Å². The standard InChI is InChI=1S/C13H18ClFO2/c1-13(2,3)17-8-9(16)7-10-11(14)5-4-6-12(10)15/h4-6,9,16H,7-8H2,1-3H3. The van der Waals surface area contributed by atoms with Crippen LogP contribution in [0.1, 0.15) is 26.3 Å². The van der Waals surface area contributed by atoms with Gasteiger partial charge < -0.3 is 9.84 Å². The van der Waals surface area contributed by atoms with Crippen molar-refractivity contribution in [1.82, 2.24) is 0 Å². The lowest BCUT2D eigenvalue weighted by atomic mass is 10.1. The van der Waals surface area contributed by atoms with Gasteiger partial charge in [0.15, 0.2) is 0 Å². The van der Waals surface area contributed by atoms with E-state index in [-0.39, 0.29) is 18.6 Å². The van der Waals surface area contributed by atoms with Crippen LogP contribution in [0, 0.1) is 5.82 Å². The zero-order chi connectivity index (χ0) is 13.1. The zero-order valence-electron chi connectivity index (χ0n) is 10.3. The smallest absolute Gasteiger partial charge is 0.127 e. The van der Waals surface area contributed by atoms with E-state index in [0.29, 0.717) is 10.6 Å². The third kappa shape index (κ3) is 5.02. The van der Waals surface area contributed by atoms with Crippen LogP contribution in [0.15, 0.2) is 18.2 Å². The Kier molecular flexibility index (Phi) is 4.92. The average molecular weight is 261 g/mol. The Balaban J connectivity index is 2.59. The third-order valence-electron chi connectivity index (χ3n) is 2.21. The van der Waals surface area contributed by atoms with Gasteiger partial charge in [-0.15, -0.1) is 0 Å². The number of aliphatic hydroxyl groups excluding tert-OH is 1. The van der Waals surface area contributed by atoms with Crippen molar-refractivity contribution < 1.29 is 14.2 Å². The lowest BCUT2D eigenvalue weighted by Crippen LogP contribution is -2.27. The molecule has 0 aliphatic carbocycles. The van der Waals surface area contributed by atoms with Crippen molar-refractivity contribution in [3.05, 3.63) is 34.6 Å². The van der Waals surface area contributed by atoms with E-state index in [1.54, 1.807) is 12.1 Å². The summed E-state index contributed by atoms with van der Waals surface area (Å²) in [6.07, 6.45) is -0.606. The van der Waals surface area contributed by atoms with E-state index in [1.807, 2.05) is 20.8 Å². The van der Waals surface area contributed by atoms with Crippen LogP contribution in [0.2, 0.25) is 5.02 Å². The normalized spacial score (nSPS) is 13.8. The second-order valence-electron chi connectivity index (χ2n) is 4.98. The van der Waals surface area contributed by atoms with Crippen molar-refractivity contribution in [2.75, 3.05) is 6.61 Å². The molecule has 0 aliphatic rings. The van der Waals surface area contributed by atoms with Gasteiger partial charge in [-0.1, -0.05) is 17.7 Å². The Labute approximate surface area is 106 Å². The number of aliphatic hydroxyl groups is 1. The molecule has 0 amide bonds. The molecule has 4 heteroatoms. The van der Waals surface area contributed by atoms with Crippen LogP contribution in [-0.4, -0.2) is 23.4 Å². The lowest BCUT2D eigenvalue weighted by molar-refractivity contribution is -0.0483. The number of hydrogen-bond acceptors (Lipinski definition) is 2. The van der Waals surface area contributed by atoms with Gasteiger partial charge in [0.05, 0.1) is 18.3 Å². The summed E-state index contributed by atoms with van der Waals surface area (Å²) in [4.78, 5) is 0. The zero-order valence-corrected chi connectivity index (χ0v) is 11.1. The summed E-state index contributed by atoms with van der Waals surface area (Å²) in [6, 6.07) is 4.48. The predicted octanol–water partition coefficient (Wildman–Crippen LogP) is 3.20. The topological polar surface area (TPSA) is 29.5 Å². The molecule has 0 saturated carbocycles. The summed E-state index contributed by atoms with van der Waals surface area (Å²) in [5.41, 5.74) is 0.0131. The number of benzene rings is 1. The van der Waals surface area contributed by atoms with E-state index in [2.05, 4.69) is 0 Å². The van der Waals surface area contributed by atoms with Crippen LogP contribution in [0.5, 0.6) is 0 Å². The number of hydrogen-bond donors (Lipinski definition) is 1. The third-order valence-corrected chi connectivity index (χ3v) is 2.56. The minimum Gasteiger partial charge on any atom is -0.390 e. The van der Waals surface area contributed by atoms with Crippen LogP contribution in [0.25, 0.3) is 0 Å². The number of ether oxygens (including phenoxy) is 1. The molecule has 96 valence electrons. The molecule has 0 saturated heterocycles. The lowest BCUT2D eigenvalue weighted by Gasteiger charge is -2.22. The largest absolute Gasteiger partial charge is 0.390 e. The Morgan fingerprint density at radius 3 is 2.59 bits per heavy atom. The van der Waals surface area contributed by atoms with Crippen molar-refractivity contribution in [1.29, 1.82) is 0 Å². The molecule has 1 aromatic rings. The van der Waals surface area contributed by atoms with Crippen molar-refractivity contribution >= 4 is 11.6 Å². The minimum atomic E-state index is -0.761. The van der Waals surface area contributed by atoms with Crippen LogP contribution in [0.3, 0.4) is 0 Å². The molecule has 1 N–H and O–H groups in total. The van der Waals surface area contributed by atoms with Crippen LogP contribution in [-0.2, 0) is 11.2 Å². The molecule has 1 atom stereocenters. The first-order valence-electron chi connectivity index (χ1n) is 5.54. The van der Waals surface area contributed by atoms with Gasteiger partial charge >= 0.3 is 0 Å². The molecular weight excluding hydrogens is 243 g/mol. The molecule has 1 aromatic carbocycles. The summed E-state index contributed by atoms with van der Waals surface area (Å²) in [5.74, 6) is -0.396. The van der Waals surface area contributed by atoms with E-state index < -0.39 is 11.9 Å². The Morgan fingerprint density at radius 1 is 1.41 bits per heavy atom. The highest BCUT2D eigenvalue weighted by Crippen LogP contribution is 2.21. The maximum atomic E-state index is 13.4. The molecule has 0 aromatic heterocycles. The quantitative estimate of drug-likeness (QED) is 0.901. The van der Waals surface area contributed by atoms with E-state index in [4.69, 9.17) is 16.3 Å². The highest BCUT2D eigenvalue weighted by molar-refractivity contribution is 6.31. The van der Waals surface area contributed by atoms with Gasteiger partial charge in [-0.05, 0) is 32.9 Å². The Bertz CT molecular complexity index is 354. The minimum absolute atomic E-state index is 0.154. The van der Waals surface area contributed by atoms with Crippen molar-refractivity contribution in [2.24, 2.45) is 0 Å². The van der Waals surface area contributed by atoms with Gasteiger partial charge in [0.1, 0.15) is 5.82 Å². The Hall–Kier alpha value is -0.640. The molecule has 0 heterocycles. The molecule has 0 aliphatic heterocycles. The fourth-order valence-electron chi connectivity index (χ4n) is 1.37. The van der Waals surface area contributed by atoms with Crippen LogP contribution in [0.4, 0.5) is 4.39 Å². The fraction of sp³-hybridized carbons (Fsp3) is 0.538. The number of halogens is 2. The van der Waals surface area contributed by atoms with E-state index in [9.17, 15) is 9.50 Å². The molecule has 0 bridgehead atoms. The van der Waals surface area contributed by atoms with Crippen LogP contribution < -0.4 is 0 Å². The maximum absolute atomic E-state index is 13.4. The van der Waals surface area contributed by atoms with Crippen LogP contribution >= 0.6 is 11.6 Å². The highest BCUT2D eigenvalue weighted by Gasteiger charge is 2.16. The molecule has 2 nitrogen and oxygen atoms in total. The molecule has 0 fully saturated rings. The molecule has 1 rings (SSSR count). The SMILES string of the molecule is CC(C)(C)OCC(O)Cc1c(F)cccc1Cl. The van der Waals surface area contributed by atoms with E-state index >= 15 is 0 Å². The fourth-order valence-corrected chi connectivity index (χ4v) is 1.61. The van der Waals surface area contributed by atoms with E-state index in [0.717, 1.165) is 0 Å². The van der Waals surface area contributed by atoms with Gasteiger partial charge in [-0.25, -0.2) is 4.39 Å². The van der Waals surface area contributed by atoms with Gasteiger partial charge in [-0.2, -0.15) is 0 Å². The second-order valence-corrected chi connectivity index (χ2v) is 5.39. The van der Waals surface area contributed by atoms with Crippen molar-refractivity contribution in [2.45, 2.75) is 38.9 Å². The average Bonchev–Trinajstić information content (AvgIpc) is 2.20. The molecule has 17 heavy (non-hydrogen) atoms. The van der Waals surface area contributed by atoms with Gasteiger partial charge in [0.2, 0.25) is 0 Å². The first-order valence-corrected chi connectivity index (χ1v) is 5.92. The predicted molar refractivity (Wildman–Crippen MR) is 66.8 cm³/mol. The molecule has 0 radical (unpaired) electrons. The summed E-state index contributed by atoms with van der Waals surface area (Å²) in [5, 5.41) is 10.1. The Morgan fingerprint density at radius 2 is 2.06 bits per heavy atom. The van der Waals surface area contributed by atoms with Gasteiger partial charge in [0, 0.05) is 17.0 Å². The summed E-state index contributed by atoms with van der Waals surface area (Å²) >= 11 is 5.87. The first-order chi connectivity index (χ1) is 7.79. The number of rotatable bonds is 4. The highest BCUT2D eigenvalue weighted by atomic mass is 35.5. The van der Waals surface area contributed by atoms with Gasteiger partial charge in [0.25, 0.3) is 0 Å². The van der Waals surface area contributed by atoms with Crippen molar-refractivity contribution in [3.8, 4) is 0 Å². The summed E-state index contributed by atoms with van der Waals surface area (Å²) < 4.78 is 18.9. The monoisotopic (exact) mass is 260 g/mol. The molecule has 0 spiro atoms. The van der Waals surface area contributed by atoms with E-state index in [1.165, 1.54) is 6.07 Å². The van der Waals surface area contributed by atoms with Crippen molar-refractivity contribution in [3.63, 3.8) is 0 Å². The molecule has 1 unspecified atom stereocenters. The molecular formula is C13H18ClFO2. The second kappa shape index (κ2) is 5.80. The first kappa shape index (κ1) is 14.4. The summed E-state index contributed by atoms with van der Waals surface area (Å²) in [7, 11) is 0.